The number of amides is 1. The van der Waals surface area contributed by atoms with Gasteiger partial charge < -0.3 is 20.4 Å². The predicted molar refractivity (Wildman–Crippen MR) is 102 cm³/mol. The van der Waals surface area contributed by atoms with E-state index in [1.165, 1.54) is 0 Å². The molecule has 2 N–H and O–H groups in total. The summed E-state index contributed by atoms with van der Waals surface area (Å²) < 4.78 is 0. The van der Waals surface area contributed by atoms with Gasteiger partial charge in [0.2, 0.25) is 5.91 Å². The second-order valence-electron chi connectivity index (χ2n) is 6.34. The van der Waals surface area contributed by atoms with Gasteiger partial charge in [0.1, 0.15) is 5.82 Å². The number of hydrogen-bond acceptors (Lipinski definition) is 4. The normalized spacial score (nSPS) is 15.4. The number of carbonyl (C=O) groups excluding carboxylic acids is 1. The first-order chi connectivity index (χ1) is 12.1. The second-order valence-corrected chi connectivity index (χ2v) is 6.34. The molecule has 0 saturated carbocycles. The van der Waals surface area contributed by atoms with Crippen molar-refractivity contribution in [2.75, 3.05) is 50.7 Å². The number of piperazine rings is 1. The fraction of sp³-hybridized carbons (Fsp3) is 0.611. The molecular weight excluding hydrogens is 316 g/mol. The molecule has 2 rings (SSSR count). The van der Waals surface area contributed by atoms with Gasteiger partial charge in [0.15, 0.2) is 5.96 Å². The first kappa shape index (κ1) is 19.0. The molecule has 0 aromatic carbocycles. The van der Waals surface area contributed by atoms with E-state index in [0.717, 1.165) is 44.5 Å². The summed E-state index contributed by atoms with van der Waals surface area (Å²) in [6.07, 6.45) is 1.83. The van der Waals surface area contributed by atoms with Gasteiger partial charge in [-0.1, -0.05) is 19.9 Å². The zero-order valence-electron chi connectivity index (χ0n) is 15.5. The molecule has 2 heterocycles. The highest BCUT2D eigenvalue weighted by Crippen LogP contribution is 2.12. The van der Waals surface area contributed by atoms with Crippen molar-refractivity contribution in [3.05, 3.63) is 24.4 Å². The molecular formula is C18H30N6O. The van der Waals surface area contributed by atoms with Crippen LogP contribution >= 0.6 is 0 Å². The molecule has 1 aromatic heterocycles. The monoisotopic (exact) mass is 346 g/mol. The van der Waals surface area contributed by atoms with Gasteiger partial charge in [-0.2, -0.15) is 0 Å². The summed E-state index contributed by atoms with van der Waals surface area (Å²) in [7, 11) is 0. The van der Waals surface area contributed by atoms with Crippen molar-refractivity contribution in [1.82, 2.24) is 20.5 Å². The topological polar surface area (TPSA) is 72.9 Å². The number of carbonyl (C=O) groups is 1. The number of aliphatic imine (C=N–C) groups is 1. The standard InChI is InChI=1S/C18H30N6O/c1-4-19-18(22-10-9-21-17(25)15(2)3)24-13-11-23(12-14-24)16-7-5-6-8-20-16/h5-8,15H,4,9-14H2,1-3H3,(H,19,22)(H,21,25). The summed E-state index contributed by atoms with van der Waals surface area (Å²) in [5.41, 5.74) is 0. The lowest BCUT2D eigenvalue weighted by molar-refractivity contribution is -0.123. The molecule has 1 aliphatic heterocycles. The number of pyridine rings is 1. The average molecular weight is 346 g/mol. The Bertz CT molecular complexity index is 552. The minimum atomic E-state index is 0.0110. The predicted octanol–water partition coefficient (Wildman–Crippen LogP) is 0.941. The first-order valence-electron chi connectivity index (χ1n) is 9.08. The Morgan fingerprint density at radius 3 is 2.60 bits per heavy atom. The van der Waals surface area contributed by atoms with Crippen LogP contribution in [0.25, 0.3) is 0 Å². The summed E-state index contributed by atoms with van der Waals surface area (Å²) in [4.78, 5) is 25.2. The van der Waals surface area contributed by atoms with Gasteiger partial charge in [0.05, 0.1) is 6.54 Å². The van der Waals surface area contributed by atoms with Crippen molar-refractivity contribution in [3.8, 4) is 0 Å². The number of rotatable bonds is 6. The third-order valence-electron chi connectivity index (χ3n) is 4.08. The van der Waals surface area contributed by atoms with Crippen molar-refractivity contribution in [2.24, 2.45) is 10.9 Å². The van der Waals surface area contributed by atoms with Gasteiger partial charge in [-0.05, 0) is 19.1 Å². The molecule has 1 aromatic rings. The van der Waals surface area contributed by atoms with Gasteiger partial charge in [0.25, 0.3) is 0 Å². The van der Waals surface area contributed by atoms with E-state index >= 15 is 0 Å². The quantitative estimate of drug-likeness (QED) is 0.456. The van der Waals surface area contributed by atoms with Gasteiger partial charge in [0, 0.05) is 51.4 Å². The lowest BCUT2D eigenvalue weighted by Gasteiger charge is -2.37. The third kappa shape index (κ3) is 5.92. The fourth-order valence-corrected chi connectivity index (χ4v) is 2.66. The highest BCUT2D eigenvalue weighted by Gasteiger charge is 2.20. The molecule has 1 aliphatic rings. The number of aromatic nitrogens is 1. The Morgan fingerprint density at radius 2 is 2.00 bits per heavy atom. The molecule has 0 radical (unpaired) electrons. The van der Waals surface area contributed by atoms with Crippen molar-refractivity contribution in [2.45, 2.75) is 20.8 Å². The molecule has 138 valence electrons. The Morgan fingerprint density at radius 1 is 1.24 bits per heavy atom. The number of nitrogens with zero attached hydrogens (tertiary/aromatic N) is 4. The summed E-state index contributed by atoms with van der Waals surface area (Å²) in [5.74, 6) is 2.03. The van der Waals surface area contributed by atoms with E-state index in [9.17, 15) is 4.79 Å². The van der Waals surface area contributed by atoms with E-state index in [0.29, 0.717) is 13.1 Å². The zero-order chi connectivity index (χ0) is 18.1. The van der Waals surface area contributed by atoms with E-state index in [1.807, 2.05) is 38.2 Å². The van der Waals surface area contributed by atoms with Gasteiger partial charge in [-0.15, -0.1) is 0 Å². The van der Waals surface area contributed by atoms with E-state index in [2.05, 4.69) is 37.3 Å². The van der Waals surface area contributed by atoms with Crippen LogP contribution < -0.4 is 15.5 Å². The Hall–Kier alpha value is -2.31. The summed E-state index contributed by atoms with van der Waals surface area (Å²) in [6.45, 7) is 11.5. The van der Waals surface area contributed by atoms with Crippen molar-refractivity contribution in [3.63, 3.8) is 0 Å². The number of hydrogen-bond donors (Lipinski definition) is 2. The third-order valence-corrected chi connectivity index (χ3v) is 4.08. The Kier molecular flexibility index (Phi) is 7.50. The van der Waals surface area contributed by atoms with Crippen LogP contribution in [-0.4, -0.2) is 67.6 Å². The van der Waals surface area contributed by atoms with Crippen molar-refractivity contribution >= 4 is 17.7 Å². The fourth-order valence-electron chi connectivity index (χ4n) is 2.66. The summed E-state index contributed by atoms with van der Waals surface area (Å²) >= 11 is 0. The van der Waals surface area contributed by atoms with Crippen LogP contribution in [0, 0.1) is 5.92 Å². The molecule has 1 fully saturated rings. The maximum atomic E-state index is 11.6. The summed E-state index contributed by atoms with van der Waals surface area (Å²) in [6, 6.07) is 6.01. The SMILES string of the molecule is CCNC(=NCCNC(=O)C(C)C)N1CCN(c2ccccn2)CC1. The van der Waals surface area contributed by atoms with Crippen LogP contribution in [0.1, 0.15) is 20.8 Å². The molecule has 1 amide bonds. The second kappa shape index (κ2) is 9.86. The molecule has 25 heavy (non-hydrogen) atoms. The zero-order valence-corrected chi connectivity index (χ0v) is 15.5. The van der Waals surface area contributed by atoms with Crippen LogP contribution in [0.15, 0.2) is 29.4 Å². The maximum Gasteiger partial charge on any atom is 0.222 e. The van der Waals surface area contributed by atoms with Gasteiger partial charge >= 0.3 is 0 Å². The molecule has 0 bridgehead atoms. The lowest BCUT2D eigenvalue weighted by Crippen LogP contribution is -2.52. The van der Waals surface area contributed by atoms with Crippen LogP contribution in [0.4, 0.5) is 5.82 Å². The molecule has 0 aliphatic carbocycles. The molecule has 0 atom stereocenters. The van der Waals surface area contributed by atoms with Gasteiger partial charge in [-0.25, -0.2) is 4.98 Å². The van der Waals surface area contributed by atoms with Crippen molar-refractivity contribution < 1.29 is 4.79 Å². The van der Waals surface area contributed by atoms with E-state index < -0.39 is 0 Å². The van der Waals surface area contributed by atoms with E-state index in [-0.39, 0.29) is 11.8 Å². The lowest BCUT2D eigenvalue weighted by atomic mass is 10.2. The largest absolute Gasteiger partial charge is 0.357 e. The smallest absolute Gasteiger partial charge is 0.222 e. The van der Waals surface area contributed by atoms with Gasteiger partial charge in [-0.3, -0.25) is 9.79 Å². The Labute approximate surface area is 150 Å². The Balaban J connectivity index is 1.84. The average Bonchev–Trinajstić information content (AvgIpc) is 2.65. The number of anilines is 1. The first-order valence-corrected chi connectivity index (χ1v) is 9.08. The summed E-state index contributed by atoms with van der Waals surface area (Å²) in [5, 5.41) is 6.25. The van der Waals surface area contributed by atoms with Crippen LogP contribution in [0.3, 0.4) is 0 Å². The van der Waals surface area contributed by atoms with Crippen LogP contribution in [0.5, 0.6) is 0 Å². The highest BCUT2D eigenvalue weighted by molar-refractivity contribution is 5.80. The molecule has 0 spiro atoms. The van der Waals surface area contributed by atoms with E-state index in [4.69, 9.17) is 0 Å². The molecule has 7 heteroatoms. The minimum Gasteiger partial charge on any atom is -0.357 e. The molecule has 7 nitrogen and oxygen atoms in total. The number of guanidine groups is 1. The van der Waals surface area contributed by atoms with Crippen molar-refractivity contribution in [1.29, 1.82) is 0 Å². The minimum absolute atomic E-state index is 0.0110. The van der Waals surface area contributed by atoms with Crippen LogP contribution in [-0.2, 0) is 4.79 Å². The van der Waals surface area contributed by atoms with Crippen LogP contribution in [0.2, 0.25) is 0 Å². The molecule has 0 unspecified atom stereocenters. The maximum absolute atomic E-state index is 11.6. The molecule has 1 saturated heterocycles. The number of nitrogens with one attached hydrogen (secondary N) is 2. The highest BCUT2D eigenvalue weighted by atomic mass is 16.1. The van der Waals surface area contributed by atoms with E-state index in [1.54, 1.807) is 0 Å².